The third-order valence-electron chi connectivity index (χ3n) is 4.71. The van der Waals surface area contributed by atoms with Crippen molar-refractivity contribution in [1.82, 2.24) is 0 Å². The second-order valence-corrected chi connectivity index (χ2v) is 6.73. The van der Waals surface area contributed by atoms with Crippen LogP contribution in [0.15, 0.2) is 72.4 Å². The molecule has 2 amide bonds. The average molecular weight is 439 g/mol. The number of hydrogen-bond acceptors (Lipinski definition) is 5. The summed E-state index contributed by atoms with van der Waals surface area (Å²) >= 11 is 0. The van der Waals surface area contributed by atoms with Crippen LogP contribution >= 0.6 is 0 Å². The maximum atomic E-state index is 13.8. The maximum absolute atomic E-state index is 13.8. The first kappa shape index (κ1) is 20.8. The molecule has 0 atom stereocenters. The van der Waals surface area contributed by atoms with Crippen LogP contribution in [0, 0.1) is 27.6 Å². The summed E-state index contributed by atoms with van der Waals surface area (Å²) in [7, 11) is 0. The molecule has 0 bridgehead atoms. The zero-order valence-electron chi connectivity index (χ0n) is 16.0. The number of rotatable bonds is 5. The molecule has 0 saturated carbocycles. The molecule has 0 unspecified atom stereocenters. The summed E-state index contributed by atoms with van der Waals surface area (Å²) in [6, 6.07) is 12.5. The van der Waals surface area contributed by atoms with Crippen LogP contribution in [0.25, 0.3) is 5.57 Å². The minimum absolute atomic E-state index is 0.160. The van der Waals surface area contributed by atoms with E-state index in [1.165, 1.54) is 30.3 Å². The molecule has 1 aliphatic rings. The monoisotopic (exact) mass is 439 g/mol. The van der Waals surface area contributed by atoms with Crippen LogP contribution in [0.2, 0.25) is 0 Å². The zero-order valence-corrected chi connectivity index (χ0v) is 16.0. The number of amides is 2. The van der Waals surface area contributed by atoms with E-state index in [1.807, 2.05) is 0 Å². The first-order valence-electron chi connectivity index (χ1n) is 9.12. The van der Waals surface area contributed by atoms with Crippen LogP contribution < -0.4 is 10.2 Å². The van der Waals surface area contributed by atoms with Crippen molar-refractivity contribution < 1.29 is 27.7 Å². The largest absolute Gasteiger partial charge is 0.350 e. The van der Waals surface area contributed by atoms with Gasteiger partial charge in [0.05, 0.1) is 16.2 Å². The molecule has 0 spiro atoms. The highest BCUT2D eigenvalue weighted by Crippen LogP contribution is 2.34. The number of carbonyl (C=O) groups is 2. The number of nitrogens with one attached hydrogen (secondary N) is 1. The Morgan fingerprint density at radius 3 is 2.19 bits per heavy atom. The number of non-ortho nitro benzene ring substituents is 1. The number of nitrogens with zero attached hydrogens (tertiary/aromatic N) is 2. The molecule has 32 heavy (non-hydrogen) atoms. The van der Waals surface area contributed by atoms with E-state index < -0.39 is 34.2 Å². The molecule has 1 heterocycles. The van der Waals surface area contributed by atoms with Gasteiger partial charge in [-0.25, -0.2) is 18.1 Å². The SMILES string of the molecule is O=C1C(Nc2cccc(F)c2)=C(c2ccc([N+](=O)[O-])cc2)C(=O)N1c1ccc(F)c(F)c1. The second-order valence-electron chi connectivity index (χ2n) is 6.73. The molecular formula is C22H12F3N3O4. The number of anilines is 2. The lowest BCUT2D eigenvalue weighted by Crippen LogP contribution is -2.32. The minimum atomic E-state index is -1.26. The van der Waals surface area contributed by atoms with Crippen LogP contribution in [-0.2, 0) is 9.59 Å². The molecule has 0 aliphatic carbocycles. The fraction of sp³-hybridized carbons (Fsp3) is 0. The van der Waals surface area contributed by atoms with Crippen molar-refractivity contribution in [2.24, 2.45) is 0 Å². The van der Waals surface area contributed by atoms with Gasteiger partial charge in [-0.05, 0) is 48.0 Å². The number of hydrogen-bond donors (Lipinski definition) is 1. The van der Waals surface area contributed by atoms with Gasteiger partial charge < -0.3 is 5.32 Å². The van der Waals surface area contributed by atoms with Gasteiger partial charge in [0, 0.05) is 23.9 Å². The summed E-state index contributed by atoms with van der Waals surface area (Å²) in [6.45, 7) is 0. The van der Waals surface area contributed by atoms with Crippen molar-refractivity contribution in [3.05, 3.63) is 106 Å². The molecule has 1 aliphatic heterocycles. The molecule has 7 nitrogen and oxygen atoms in total. The third kappa shape index (κ3) is 3.69. The Balaban J connectivity index is 1.83. The smallest absolute Gasteiger partial charge is 0.282 e. The molecular weight excluding hydrogens is 427 g/mol. The lowest BCUT2D eigenvalue weighted by molar-refractivity contribution is -0.384. The average Bonchev–Trinajstić information content (AvgIpc) is 3.00. The van der Waals surface area contributed by atoms with Gasteiger partial charge in [-0.15, -0.1) is 0 Å². The van der Waals surface area contributed by atoms with Crippen LogP contribution in [-0.4, -0.2) is 16.7 Å². The van der Waals surface area contributed by atoms with E-state index in [-0.39, 0.29) is 33.9 Å². The lowest BCUT2D eigenvalue weighted by Gasteiger charge is -2.15. The molecule has 0 saturated heterocycles. The van der Waals surface area contributed by atoms with Crippen molar-refractivity contribution in [3.63, 3.8) is 0 Å². The summed E-state index contributed by atoms with van der Waals surface area (Å²) in [6.07, 6.45) is 0. The Kier molecular flexibility index (Phi) is 5.19. The third-order valence-corrected chi connectivity index (χ3v) is 4.71. The number of imide groups is 1. The quantitative estimate of drug-likeness (QED) is 0.361. The van der Waals surface area contributed by atoms with E-state index in [0.29, 0.717) is 11.0 Å². The van der Waals surface area contributed by atoms with Crippen LogP contribution in [0.3, 0.4) is 0 Å². The van der Waals surface area contributed by atoms with Gasteiger partial charge in [-0.2, -0.15) is 0 Å². The van der Waals surface area contributed by atoms with E-state index in [0.717, 1.165) is 30.3 Å². The Bertz CT molecular complexity index is 1310. The standard InChI is InChI=1S/C22H12F3N3O4/c23-13-2-1-3-14(10-13)26-20-19(12-4-6-15(7-5-12)28(31)32)21(29)27(22(20)30)16-8-9-17(24)18(25)11-16/h1-11,26H. The van der Waals surface area contributed by atoms with Gasteiger partial charge in [-0.3, -0.25) is 19.7 Å². The first-order chi connectivity index (χ1) is 15.3. The highest BCUT2D eigenvalue weighted by atomic mass is 19.2. The van der Waals surface area contributed by atoms with E-state index in [4.69, 9.17) is 0 Å². The van der Waals surface area contributed by atoms with Crippen molar-refractivity contribution in [1.29, 1.82) is 0 Å². The highest BCUT2D eigenvalue weighted by Gasteiger charge is 2.40. The lowest BCUT2D eigenvalue weighted by atomic mass is 10.0. The van der Waals surface area contributed by atoms with E-state index in [1.54, 1.807) is 0 Å². The van der Waals surface area contributed by atoms with E-state index in [2.05, 4.69) is 5.32 Å². The Labute approximate surface area is 178 Å². The van der Waals surface area contributed by atoms with Gasteiger partial charge in [0.25, 0.3) is 17.5 Å². The molecule has 1 N–H and O–H groups in total. The zero-order chi connectivity index (χ0) is 23.0. The van der Waals surface area contributed by atoms with Gasteiger partial charge in [0.2, 0.25) is 0 Å². The maximum Gasteiger partial charge on any atom is 0.282 e. The van der Waals surface area contributed by atoms with Gasteiger partial charge in [-0.1, -0.05) is 6.07 Å². The first-order valence-corrected chi connectivity index (χ1v) is 9.12. The van der Waals surface area contributed by atoms with Crippen molar-refractivity contribution in [2.75, 3.05) is 10.2 Å². The summed E-state index contributed by atoms with van der Waals surface area (Å²) in [5.41, 5.74) is -0.540. The van der Waals surface area contributed by atoms with Crippen molar-refractivity contribution in [2.45, 2.75) is 0 Å². The van der Waals surface area contributed by atoms with Gasteiger partial charge in [0.15, 0.2) is 11.6 Å². The fourth-order valence-electron chi connectivity index (χ4n) is 3.23. The summed E-state index contributed by atoms with van der Waals surface area (Å²) in [5, 5.41) is 13.6. The van der Waals surface area contributed by atoms with Gasteiger partial charge >= 0.3 is 0 Å². The molecule has 0 fully saturated rings. The van der Waals surface area contributed by atoms with E-state index in [9.17, 15) is 32.9 Å². The number of nitro benzene ring substituents is 1. The molecule has 160 valence electrons. The Morgan fingerprint density at radius 1 is 0.844 bits per heavy atom. The molecule has 3 aromatic carbocycles. The van der Waals surface area contributed by atoms with Crippen LogP contribution in [0.1, 0.15) is 5.56 Å². The highest BCUT2D eigenvalue weighted by molar-refractivity contribution is 6.46. The van der Waals surface area contributed by atoms with E-state index >= 15 is 0 Å². The van der Waals surface area contributed by atoms with Crippen molar-refractivity contribution >= 4 is 34.4 Å². The predicted molar refractivity (Wildman–Crippen MR) is 109 cm³/mol. The second kappa shape index (κ2) is 7.99. The number of nitro groups is 1. The minimum Gasteiger partial charge on any atom is -0.350 e. The summed E-state index contributed by atoms with van der Waals surface area (Å²) < 4.78 is 40.7. The molecule has 4 rings (SSSR count). The van der Waals surface area contributed by atoms with Gasteiger partial charge in [0.1, 0.15) is 11.5 Å². The Hall–Kier alpha value is -4.47. The molecule has 0 aromatic heterocycles. The number of carbonyl (C=O) groups excluding carboxylic acids is 2. The number of benzene rings is 3. The predicted octanol–water partition coefficient (Wildman–Crippen LogP) is 4.41. The van der Waals surface area contributed by atoms with Crippen LogP contribution in [0.4, 0.5) is 30.2 Å². The number of halogens is 3. The molecule has 0 radical (unpaired) electrons. The topological polar surface area (TPSA) is 92.5 Å². The summed E-state index contributed by atoms with van der Waals surface area (Å²) in [5.74, 6) is -4.77. The van der Waals surface area contributed by atoms with Crippen LogP contribution in [0.5, 0.6) is 0 Å². The molecule has 3 aromatic rings. The molecule has 10 heteroatoms. The normalized spacial score (nSPS) is 13.7. The fourth-order valence-corrected chi connectivity index (χ4v) is 3.23. The Morgan fingerprint density at radius 2 is 1.56 bits per heavy atom. The summed E-state index contributed by atoms with van der Waals surface area (Å²) in [4.78, 5) is 37.3. The van der Waals surface area contributed by atoms with Crippen molar-refractivity contribution in [3.8, 4) is 0 Å².